The number of rotatable bonds is 4. The fourth-order valence-corrected chi connectivity index (χ4v) is 3.48. The number of H-pyrrole nitrogens is 2. The highest BCUT2D eigenvalue weighted by Crippen LogP contribution is 2.34. The molecule has 29 heavy (non-hydrogen) atoms. The molecule has 4 rings (SSSR count). The van der Waals surface area contributed by atoms with E-state index < -0.39 is 5.91 Å². The zero-order valence-electron chi connectivity index (χ0n) is 15.7. The van der Waals surface area contributed by atoms with Crippen LogP contribution in [0.2, 0.25) is 0 Å². The molecule has 3 N–H and O–H groups in total. The van der Waals surface area contributed by atoms with Crippen LogP contribution in [0.25, 0.3) is 16.7 Å². The molecule has 1 aliphatic rings. The van der Waals surface area contributed by atoms with Crippen molar-refractivity contribution < 1.29 is 4.79 Å². The lowest BCUT2D eigenvalue weighted by Crippen LogP contribution is -2.15. The Morgan fingerprint density at radius 3 is 2.76 bits per heavy atom. The molecule has 0 saturated heterocycles. The Labute approximate surface area is 167 Å². The van der Waals surface area contributed by atoms with Crippen molar-refractivity contribution in [2.45, 2.75) is 25.7 Å². The van der Waals surface area contributed by atoms with Gasteiger partial charge in [0.2, 0.25) is 5.56 Å². The average Bonchev–Trinajstić information content (AvgIpc) is 3.24. The van der Waals surface area contributed by atoms with Gasteiger partial charge in [-0.3, -0.25) is 9.59 Å². The second kappa shape index (κ2) is 7.98. The van der Waals surface area contributed by atoms with Crippen molar-refractivity contribution in [3.8, 4) is 17.2 Å². The summed E-state index contributed by atoms with van der Waals surface area (Å²) >= 11 is 0. The molecule has 0 bridgehead atoms. The monoisotopic (exact) mass is 385 g/mol. The van der Waals surface area contributed by atoms with Crippen molar-refractivity contribution in [3.05, 3.63) is 76.2 Å². The first-order valence-electron chi connectivity index (χ1n) is 9.43. The van der Waals surface area contributed by atoms with Gasteiger partial charge >= 0.3 is 0 Å². The standard InChI is InChI=1S/C22H19N5O2/c23-12-17-13-25-21(26-17)22(29)27-19-7-6-15(16-8-9-24-20(28)11-16)10-18(19)14-4-2-1-3-5-14/h4,6-11,13H,1-3,5H2,(H,24,28)(H,25,26)(H,27,29). The van der Waals surface area contributed by atoms with E-state index in [1.165, 1.54) is 11.8 Å². The summed E-state index contributed by atoms with van der Waals surface area (Å²) < 4.78 is 0. The number of nitriles is 1. The lowest BCUT2D eigenvalue weighted by atomic mass is 9.90. The molecule has 0 radical (unpaired) electrons. The van der Waals surface area contributed by atoms with Gasteiger partial charge in [0.25, 0.3) is 5.91 Å². The maximum atomic E-state index is 12.6. The smallest absolute Gasteiger partial charge is 0.291 e. The van der Waals surface area contributed by atoms with Crippen LogP contribution in [0.4, 0.5) is 5.69 Å². The number of pyridine rings is 1. The molecule has 0 saturated carbocycles. The number of benzene rings is 1. The van der Waals surface area contributed by atoms with Crippen molar-refractivity contribution >= 4 is 17.2 Å². The van der Waals surface area contributed by atoms with Crippen molar-refractivity contribution in [1.29, 1.82) is 5.26 Å². The van der Waals surface area contributed by atoms with Crippen LogP contribution in [-0.2, 0) is 0 Å². The van der Waals surface area contributed by atoms with Gasteiger partial charge in [-0.1, -0.05) is 12.1 Å². The number of hydrogen-bond acceptors (Lipinski definition) is 4. The molecule has 1 amide bonds. The van der Waals surface area contributed by atoms with Crippen LogP contribution in [0, 0.1) is 11.3 Å². The molecule has 1 aliphatic carbocycles. The van der Waals surface area contributed by atoms with Gasteiger partial charge in [0.05, 0.1) is 6.20 Å². The lowest BCUT2D eigenvalue weighted by molar-refractivity contribution is 0.101. The molecule has 0 aliphatic heterocycles. The van der Waals surface area contributed by atoms with Crippen LogP contribution >= 0.6 is 0 Å². The second-order valence-corrected chi connectivity index (χ2v) is 6.89. The number of carbonyl (C=O) groups is 1. The van der Waals surface area contributed by atoms with Crippen LogP contribution in [0.15, 0.2) is 53.6 Å². The largest absolute Gasteiger partial charge is 0.329 e. The predicted molar refractivity (Wildman–Crippen MR) is 110 cm³/mol. The van der Waals surface area contributed by atoms with Gasteiger partial charge in [-0.15, -0.1) is 0 Å². The van der Waals surface area contributed by atoms with E-state index in [-0.39, 0.29) is 17.1 Å². The van der Waals surface area contributed by atoms with E-state index in [1.807, 2.05) is 30.3 Å². The van der Waals surface area contributed by atoms with Crippen molar-refractivity contribution in [3.63, 3.8) is 0 Å². The Bertz CT molecular complexity index is 1200. The summed E-state index contributed by atoms with van der Waals surface area (Å²) in [6.45, 7) is 0. The molecule has 2 aromatic heterocycles. The van der Waals surface area contributed by atoms with Gasteiger partial charge in [0.1, 0.15) is 11.8 Å². The topological polar surface area (TPSA) is 114 Å². The average molecular weight is 385 g/mol. The number of hydrogen-bond donors (Lipinski definition) is 3. The highest BCUT2D eigenvalue weighted by atomic mass is 16.2. The Morgan fingerprint density at radius 1 is 1.17 bits per heavy atom. The zero-order valence-corrected chi connectivity index (χ0v) is 15.7. The number of carbonyl (C=O) groups excluding carboxylic acids is 1. The van der Waals surface area contributed by atoms with Gasteiger partial charge in [-0.2, -0.15) is 5.26 Å². The fourth-order valence-electron chi connectivity index (χ4n) is 3.48. The molecular formula is C22H19N5O2. The first-order chi connectivity index (χ1) is 14.1. The van der Waals surface area contributed by atoms with Crippen LogP contribution in [0.5, 0.6) is 0 Å². The summed E-state index contributed by atoms with van der Waals surface area (Å²) in [6.07, 6.45) is 9.34. The number of amides is 1. The third-order valence-corrected chi connectivity index (χ3v) is 4.92. The summed E-state index contributed by atoms with van der Waals surface area (Å²) in [4.78, 5) is 33.6. The van der Waals surface area contributed by atoms with E-state index in [9.17, 15) is 9.59 Å². The van der Waals surface area contributed by atoms with Gasteiger partial charge in [0, 0.05) is 23.5 Å². The summed E-state index contributed by atoms with van der Waals surface area (Å²) in [5, 5.41) is 11.8. The number of imidazole rings is 1. The van der Waals surface area contributed by atoms with E-state index in [0.717, 1.165) is 42.4 Å². The normalized spacial score (nSPS) is 13.4. The molecule has 7 nitrogen and oxygen atoms in total. The van der Waals surface area contributed by atoms with E-state index >= 15 is 0 Å². The zero-order chi connectivity index (χ0) is 20.2. The minimum atomic E-state index is -0.409. The third kappa shape index (κ3) is 4.01. The Balaban J connectivity index is 1.72. The van der Waals surface area contributed by atoms with Crippen molar-refractivity contribution in [2.75, 3.05) is 5.32 Å². The van der Waals surface area contributed by atoms with E-state index in [4.69, 9.17) is 5.26 Å². The first-order valence-corrected chi connectivity index (χ1v) is 9.43. The van der Waals surface area contributed by atoms with Crippen molar-refractivity contribution in [1.82, 2.24) is 15.0 Å². The SMILES string of the molecule is N#Cc1cnc(C(=O)Nc2ccc(-c3cc[nH]c(=O)c3)cc2C2=CCCCC2)[nH]1. The van der Waals surface area contributed by atoms with Gasteiger partial charge in [-0.05, 0) is 60.6 Å². The molecular weight excluding hydrogens is 366 g/mol. The minimum Gasteiger partial charge on any atom is -0.329 e. The highest BCUT2D eigenvalue weighted by molar-refractivity contribution is 6.03. The number of aromatic amines is 2. The maximum Gasteiger partial charge on any atom is 0.291 e. The van der Waals surface area contributed by atoms with Crippen LogP contribution in [-0.4, -0.2) is 20.9 Å². The molecule has 0 unspecified atom stereocenters. The third-order valence-electron chi connectivity index (χ3n) is 4.92. The fraction of sp³-hybridized carbons (Fsp3) is 0.182. The quantitative estimate of drug-likeness (QED) is 0.633. The molecule has 0 fully saturated rings. The van der Waals surface area contributed by atoms with Gasteiger partial charge in [0.15, 0.2) is 5.82 Å². The Morgan fingerprint density at radius 2 is 2.03 bits per heavy atom. The minimum absolute atomic E-state index is 0.0868. The predicted octanol–water partition coefficient (Wildman–Crippen LogP) is 3.85. The summed E-state index contributed by atoms with van der Waals surface area (Å²) in [5.74, 6) is -0.322. The summed E-state index contributed by atoms with van der Waals surface area (Å²) in [5.41, 5.74) is 4.57. The summed E-state index contributed by atoms with van der Waals surface area (Å²) in [6, 6.07) is 11.0. The van der Waals surface area contributed by atoms with Gasteiger partial charge < -0.3 is 15.3 Å². The number of anilines is 1. The van der Waals surface area contributed by atoms with Crippen LogP contribution < -0.4 is 10.9 Å². The first kappa shape index (κ1) is 18.4. The molecule has 1 aromatic carbocycles. The molecule has 144 valence electrons. The maximum absolute atomic E-state index is 12.6. The van der Waals surface area contributed by atoms with Gasteiger partial charge in [-0.25, -0.2) is 4.98 Å². The van der Waals surface area contributed by atoms with Crippen LogP contribution in [0.1, 0.15) is 47.6 Å². The Hall–Kier alpha value is -3.92. The number of allylic oxidation sites excluding steroid dienone is 2. The molecule has 7 heteroatoms. The van der Waals surface area contributed by atoms with Crippen LogP contribution in [0.3, 0.4) is 0 Å². The van der Waals surface area contributed by atoms with E-state index in [1.54, 1.807) is 12.3 Å². The second-order valence-electron chi connectivity index (χ2n) is 6.89. The molecule has 2 heterocycles. The van der Waals surface area contributed by atoms with E-state index in [0.29, 0.717) is 5.69 Å². The Kier molecular flexibility index (Phi) is 5.08. The number of nitrogens with zero attached hydrogens (tertiary/aromatic N) is 2. The molecule has 0 spiro atoms. The summed E-state index contributed by atoms with van der Waals surface area (Å²) in [7, 11) is 0. The molecule has 0 atom stereocenters. The number of nitrogens with one attached hydrogen (secondary N) is 3. The van der Waals surface area contributed by atoms with Crippen molar-refractivity contribution in [2.24, 2.45) is 0 Å². The number of aromatic nitrogens is 3. The molecule has 3 aromatic rings. The van der Waals surface area contributed by atoms with E-state index in [2.05, 4.69) is 26.3 Å². The lowest BCUT2D eigenvalue weighted by Gasteiger charge is -2.18. The highest BCUT2D eigenvalue weighted by Gasteiger charge is 2.17.